The average molecular weight is 268 g/mol. The Morgan fingerprint density at radius 3 is 2.47 bits per heavy atom. The zero-order valence-corrected chi connectivity index (χ0v) is 12.9. The van der Waals surface area contributed by atoms with E-state index in [9.17, 15) is 0 Å². The average Bonchev–Trinajstić information content (AvgIpc) is 2.94. The van der Waals surface area contributed by atoms with Crippen molar-refractivity contribution < 1.29 is 4.74 Å². The van der Waals surface area contributed by atoms with E-state index in [4.69, 9.17) is 4.74 Å². The number of likely N-dealkylation sites (tertiary alicyclic amines) is 1. The predicted octanol–water partition coefficient (Wildman–Crippen LogP) is 2.66. The maximum Gasteiger partial charge on any atom is 0.0613 e. The summed E-state index contributed by atoms with van der Waals surface area (Å²) >= 11 is 0. The summed E-state index contributed by atoms with van der Waals surface area (Å²) in [5.41, 5.74) is 0. The first kappa shape index (κ1) is 15.3. The fourth-order valence-corrected chi connectivity index (χ4v) is 3.72. The lowest BCUT2D eigenvalue weighted by Gasteiger charge is -2.36. The molecule has 1 saturated carbocycles. The Hall–Kier alpha value is -0.120. The SMILES string of the molecule is COCC(C)NCCC1CCN(C2CCCC2)CC1. The molecule has 0 aromatic carbocycles. The number of methoxy groups -OCH3 is 1. The first-order valence-electron chi connectivity index (χ1n) is 8.26. The molecule has 1 unspecified atom stereocenters. The Labute approximate surface area is 119 Å². The predicted molar refractivity (Wildman–Crippen MR) is 80.5 cm³/mol. The molecule has 2 fully saturated rings. The molecule has 19 heavy (non-hydrogen) atoms. The summed E-state index contributed by atoms with van der Waals surface area (Å²) in [5.74, 6) is 0.944. The van der Waals surface area contributed by atoms with Crippen molar-refractivity contribution in [2.75, 3.05) is 33.4 Å². The van der Waals surface area contributed by atoms with Crippen molar-refractivity contribution in [2.45, 2.75) is 64.0 Å². The van der Waals surface area contributed by atoms with Gasteiger partial charge in [-0.05, 0) is 64.6 Å². The third kappa shape index (κ3) is 5.05. The molecule has 3 heteroatoms. The van der Waals surface area contributed by atoms with Crippen molar-refractivity contribution in [3.05, 3.63) is 0 Å². The second-order valence-corrected chi connectivity index (χ2v) is 6.52. The second kappa shape index (κ2) is 8.23. The van der Waals surface area contributed by atoms with Crippen LogP contribution in [0, 0.1) is 5.92 Å². The normalized spacial score (nSPS) is 24.9. The van der Waals surface area contributed by atoms with Crippen LogP contribution in [0.3, 0.4) is 0 Å². The highest BCUT2D eigenvalue weighted by atomic mass is 16.5. The molecule has 0 radical (unpaired) electrons. The van der Waals surface area contributed by atoms with Gasteiger partial charge in [-0.2, -0.15) is 0 Å². The minimum Gasteiger partial charge on any atom is -0.383 e. The summed E-state index contributed by atoms with van der Waals surface area (Å²) in [5, 5.41) is 3.56. The Morgan fingerprint density at radius 1 is 1.16 bits per heavy atom. The molecular formula is C16H32N2O. The van der Waals surface area contributed by atoms with Crippen molar-refractivity contribution in [3.8, 4) is 0 Å². The van der Waals surface area contributed by atoms with Crippen molar-refractivity contribution in [2.24, 2.45) is 5.92 Å². The Kier molecular flexibility index (Phi) is 6.62. The van der Waals surface area contributed by atoms with Crippen LogP contribution < -0.4 is 5.32 Å². The topological polar surface area (TPSA) is 24.5 Å². The molecule has 3 nitrogen and oxygen atoms in total. The van der Waals surface area contributed by atoms with Gasteiger partial charge in [-0.15, -0.1) is 0 Å². The number of nitrogens with one attached hydrogen (secondary N) is 1. The Balaban J connectivity index is 1.55. The van der Waals surface area contributed by atoms with Crippen molar-refractivity contribution in [1.29, 1.82) is 0 Å². The zero-order valence-electron chi connectivity index (χ0n) is 12.9. The third-order valence-corrected chi connectivity index (χ3v) is 4.95. The molecular weight excluding hydrogens is 236 g/mol. The van der Waals surface area contributed by atoms with E-state index in [0.29, 0.717) is 6.04 Å². The maximum absolute atomic E-state index is 5.15. The first-order valence-corrected chi connectivity index (χ1v) is 8.26. The van der Waals surface area contributed by atoms with Gasteiger partial charge in [-0.3, -0.25) is 0 Å². The number of rotatable bonds is 7. The number of hydrogen-bond acceptors (Lipinski definition) is 3. The maximum atomic E-state index is 5.15. The number of nitrogens with zero attached hydrogens (tertiary/aromatic N) is 1. The lowest BCUT2D eigenvalue weighted by molar-refractivity contribution is 0.129. The quantitative estimate of drug-likeness (QED) is 0.768. The van der Waals surface area contributed by atoms with Gasteiger partial charge in [0.1, 0.15) is 0 Å². The van der Waals surface area contributed by atoms with Gasteiger partial charge in [-0.1, -0.05) is 12.8 Å². The van der Waals surface area contributed by atoms with Crippen LogP contribution in [-0.2, 0) is 4.74 Å². The van der Waals surface area contributed by atoms with Crippen LogP contribution in [0.5, 0.6) is 0 Å². The molecule has 1 saturated heterocycles. The summed E-state index contributed by atoms with van der Waals surface area (Å²) in [6.45, 7) is 6.87. The molecule has 0 amide bonds. The van der Waals surface area contributed by atoms with E-state index in [-0.39, 0.29) is 0 Å². The molecule has 1 aliphatic carbocycles. The minimum absolute atomic E-state index is 0.489. The fraction of sp³-hybridized carbons (Fsp3) is 1.00. The van der Waals surface area contributed by atoms with Crippen LogP contribution in [0.25, 0.3) is 0 Å². The number of ether oxygens (including phenoxy) is 1. The van der Waals surface area contributed by atoms with Gasteiger partial charge >= 0.3 is 0 Å². The van der Waals surface area contributed by atoms with Crippen LogP contribution in [0.2, 0.25) is 0 Å². The highest BCUT2D eigenvalue weighted by molar-refractivity contribution is 4.82. The van der Waals surface area contributed by atoms with Crippen LogP contribution in [0.15, 0.2) is 0 Å². The van der Waals surface area contributed by atoms with Crippen LogP contribution >= 0.6 is 0 Å². The first-order chi connectivity index (χ1) is 9.29. The largest absolute Gasteiger partial charge is 0.383 e. The van der Waals surface area contributed by atoms with Crippen molar-refractivity contribution in [3.63, 3.8) is 0 Å². The van der Waals surface area contributed by atoms with Gasteiger partial charge in [0.25, 0.3) is 0 Å². The van der Waals surface area contributed by atoms with Gasteiger partial charge in [-0.25, -0.2) is 0 Å². The number of hydrogen-bond donors (Lipinski definition) is 1. The van der Waals surface area contributed by atoms with E-state index >= 15 is 0 Å². The van der Waals surface area contributed by atoms with Crippen molar-refractivity contribution >= 4 is 0 Å². The second-order valence-electron chi connectivity index (χ2n) is 6.52. The standard InChI is InChI=1S/C16H32N2O/c1-14(13-19-2)17-10-7-15-8-11-18(12-9-15)16-5-3-4-6-16/h14-17H,3-13H2,1-2H3. The smallest absolute Gasteiger partial charge is 0.0613 e. The van der Waals surface area contributed by atoms with Crippen LogP contribution in [0.4, 0.5) is 0 Å². The summed E-state index contributed by atoms with van der Waals surface area (Å²) in [4.78, 5) is 2.77. The number of piperidine rings is 1. The molecule has 1 aliphatic heterocycles. The van der Waals surface area contributed by atoms with Crippen LogP contribution in [-0.4, -0.2) is 50.3 Å². The van der Waals surface area contributed by atoms with E-state index in [2.05, 4.69) is 17.1 Å². The molecule has 1 N–H and O–H groups in total. The van der Waals surface area contributed by atoms with E-state index in [0.717, 1.165) is 25.1 Å². The lowest BCUT2D eigenvalue weighted by Crippen LogP contribution is -2.41. The van der Waals surface area contributed by atoms with Gasteiger partial charge < -0.3 is 15.0 Å². The van der Waals surface area contributed by atoms with Gasteiger partial charge in [0.2, 0.25) is 0 Å². The molecule has 2 aliphatic rings. The lowest BCUT2D eigenvalue weighted by atomic mass is 9.92. The van der Waals surface area contributed by atoms with Crippen LogP contribution in [0.1, 0.15) is 51.9 Å². The van der Waals surface area contributed by atoms with Gasteiger partial charge in [0.15, 0.2) is 0 Å². The third-order valence-electron chi connectivity index (χ3n) is 4.95. The minimum atomic E-state index is 0.489. The fourth-order valence-electron chi connectivity index (χ4n) is 3.72. The highest BCUT2D eigenvalue weighted by Crippen LogP contribution is 2.28. The van der Waals surface area contributed by atoms with E-state index in [1.165, 1.54) is 58.0 Å². The molecule has 2 rings (SSSR count). The molecule has 0 aromatic rings. The van der Waals surface area contributed by atoms with Crippen molar-refractivity contribution in [1.82, 2.24) is 10.2 Å². The molecule has 1 atom stereocenters. The summed E-state index contributed by atoms with van der Waals surface area (Å²) in [7, 11) is 1.77. The van der Waals surface area contributed by atoms with Gasteiger partial charge in [0, 0.05) is 19.2 Å². The van der Waals surface area contributed by atoms with E-state index in [1.54, 1.807) is 7.11 Å². The molecule has 0 bridgehead atoms. The zero-order chi connectivity index (χ0) is 13.5. The van der Waals surface area contributed by atoms with Gasteiger partial charge in [0.05, 0.1) is 6.61 Å². The Morgan fingerprint density at radius 2 is 1.84 bits per heavy atom. The summed E-state index contributed by atoms with van der Waals surface area (Å²) in [6.07, 6.45) is 10.0. The molecule has 0 spiro atoms. The molecule has 1 heterocycles. The van der Waals surface area contributed by atoms with E-state index in [1.807, 2.05) is 0 Å². The molecule has 0 aromatic heterocycles. The summed E-state index contributed by atoms with van der Waals surface area (Å²) in [6, 6.07) is 1.42. The highest BCUT2D eigenvalue weighted by Gasteiger charge is 2.26. The molecule has 112 valence electrons. The Bertz CT molecular complexity index is 233. The van der Waals surface area contributed by atoms with E-state index < -0.39 is 0 Å². The monoisotopic (exact) mass is 268 g/mol. The summed E-state index contributed by atoms with van der Waals surface area (Å²) < 4.78 is 5.15.